The number of hydrogen-bond acceptors (Lipinski definition) is 1. The number of nitrogens with two attached hydrogens (primary N) is 1. The number of aromatic amines is 1. The molecule has 13 heavy (non-hydrogen) atoms. The van der Waals surface area contributed by atoms with E-state index in [-0.39, 0.29) is 6.04 Å². The van der Waals surface area contributed by atoms with Crippen LogP contribution in [0, 0.1) is 0 Å². The Morgan fingerprint density at radius 2 is 2.23 bits per heavy atom. The minimum atomic E-state index is 0.0723. The Bertz CT molecular complexity index is 431. The summed E-state index contributed by atoms with van der Waals surface area (Å²) in [5.41, 5.74) is 8.14. The standard InChI is InChI=1S/C10H11BrN2/c1-6(12)9-5-13-10-3-2-7(11)4-8(9)10/h2-6,13H,12H2,1H3. The van der Waals surface area contributed by atoms with Gasteiger partial charge in [0.2, 0.25) is 0 Å². The van der Waals surface area contributed by atoms with Crippen molar-refractivity contribution in [2.45, 2.75) is 13.0 Å². The van der Waals surface area contributed by atoms with E-state index in [9.17, 15) is 0 Å². The molecule has 2 rings (SSSR count). The molecule has 1 unspecified atom stereocenters. The van der Waals surface area contributed by atoms with Gasteiger partial charge in [-0.25, -0.2) is 0 Å². The van der Waals surface area contributed by atoms with E-state index >= 15 is 0 Å². The summed E-state index contributed by atoms with van der Waals surface area (Å²) in [6.07, 6.45) is 1.97. The average molecular weight is 239 g/mol. The van der Waals surface area contributed by atoms with Crippen molar-refractivity contribution in [2.75, 3.05) is 0 Å². The smallest absolute Gasteiger partial charge is 0.0458 e. The minimum Gasteiger partial charge on any atom is -0.361 e. The van der Waals surface area contributed by atoms with E-state index in [4.69, 9.17) is 5.73 Å². The van der Waals surface area contributed by atoms with Gasteiger partial charge in [-0.3, -0.25) is 0 Å². The number of aromatic nitrogens is 1. The topological polar surface area (TPSA) is 41.8 Å². The monoisotopic (exact) mass is 238 g/mol. The van der Waals surface area contributed by atoms with Crippen LogP contribution < -0.4 is 5.73 Å². The molecular formula is C10H11BrN2. The van der Waals surface area contributed by atoms with Gasteiger partial charge in [-0.1, -0.05) is 15.9 Å². The van der Waals surface area contributed by atoms with E-state index in [1.165, 1.54) is 5.39 Å². The molecule has 3 N–H and O–H groups in total. The van der Waals surface area contributed by atoms with Crippen molar-refractivity contribution in [1.29, 1.82) is 0 Å². The molecule has 0 spiro atoms. The summed E-state index contributed by atoms with van der Waals surface area (Å²) in [4.78, 5) is 3.20. The molecule has 68 valence electrons. The first-order valence-electron chi connectivity index (χ1n) is 4.20. The Labute approximate surface area is 85.3 Å². The van der Waals surface area contributed by atoms with Crippen LogP contribution in [0.1, 0.15) is 18.5 Å². The fourth-order valence-electron chi connectivity index (χ4n) is 1.49. The van der Waals surface area contributed by atoms with Crippen LogP contribution in [0.3, 0.4) is 0 Å². The van der Waals surface area contributed by atoms with Crippen LogP contribution in [0.5, 0.6) is 0 Å². The van der Waals surface area contributed by atoms with Crippen LogP contribution in [0.2, 0.25) is 0 Å². The molecule has 0 saturated heterocycles. The molecule has 0 aliphatic heterocycles. The second-order valence-electron chi connectivity index (χ2n) is 3.22. The van der Waals surface area contributed by atoms with Crippen LogP contribution in [0.4, 0.5) is 0 Å². The van der Waals surface area contributed by atoms with Crippen LogP contribution in [-0.2, 0) is 0 Å². The van der Waals surface area contributed by atoms with E-state index in [2.05, 4.69) is 27.0 Å². The molecule has 0 aliphatic rings. The molecule has 0 fully saturated rings. The maximum Gasteiger partial charge on any atom is 0.0458 e. The van der Waals surface area contributed by atoms with Gasteiger partial charge in [0.05, 0.1) is 0 Å². The average Bonchev–Trinajstić information content (AvgIpc) is 2.46. The third-order valence-electron chi connectivity index (χ3n) is 2.17. The highest BCUT2D eigenvalue weighted by Gasteiger charge is 2.06. The SMILES string of the molecule is CC(N)c1c[nH]c2ccc(Br)cc12. The molecule has 0 bridgehead atoms. The lowest BCUT2D eigenvalue weighted by Crippen LogP contribution is -2.03. The highest BCUT2D eigenvalue weighted by atomic mass is 79.9. The van der Waals surface area contributed by atoms with Crippen LogP contribution >= 0.6 is 15.9 Å². The fourth-order valence-corrected chi connectivity index (χ4v) is 1.85. The third kappa shape index (κ3) is 1.49. The van der Waals surface area contributed by atoms with Crippen LogP contribution in [0.15, 0.2) is 28.9 Å². The molecule has 2 nitrogen and oxygen atoms in total. The minimum absolute atomic E-state index is 0.0723. The van der Waals surface area contributed by atoms with Crippen molar-refractivity contribution < 1.29 is 0 Å². The number of H-pyrrole nitrogens is 1. The van der Waals surface area contributed by atoms with Gasteiger partial charge in [0, 0.05) is 27.6 Å². The Morgan fingerprint density at radius 1 is 1.46 bits per heavy atom. The predicted octanol–water partition coefficient (Wildman–Crippen LogP) is 2.95. The van der Waals surface area contributed by atoms with Gasteiger partial charge in [0.15, 0.2) is 0 Å². The lowest BCUT2D eigenvalue weighted by molar-refractivity contribution is 0.826. The van der Waals surface area contributed by atoms with Gasteiger partial charge in [0.25, 0.3) is 0 Å². The van der Waals surface area contributed by atoms with Gasteiger partial charge >= 0.3 is 0 Å². The van der Waals surface area contributed by atoms with Gasteiger partial charge < -0.3 is 10.7 Å². The third-order valence-corrected chi connectivity index (χ3v) is 2.66. The molecule has 0 aliphatic carbocycles. The molecule has 0 saturated carbocycles. The molecule has 1 aromatic carbocycles. The van der Waals surface area contributed by atoms with E-state index in [1.54, 1.807) is 0 Å². The molecule has 1 heterocycles. The normalized spacial score (nSPS) is 13.5. The zero-order valence-electron chi connectivity index (χ0n) is 7.34. The number of benzene rings is 1. The summed E-state index contributed by atoms with van der Waals surface area (Å²) in [6, 6.07) is 6.22. The zero-order chi connectivity index (χ0) is 9.42. The first-order valence-corrected chi connectivity index (χ1v) is 5.00. The molecule has 1 atom stereocenters. The highest BCUT2D eigenvalue weighted by molar-refractivity contribution is 9.10. The van der Waals surface area contributed by atoms with Crippen molar-refractivity contribution in [1.82, 2.24) is 4.98 Å². The molecule has 1 aromatic heterocycles. The van der Waals surface area contributed by atoms with E-state index in [0.29, 0.717) is 0 Å². The van der Waals surface area contributed by atoms with Crippen molar-refractivity contribution in [3.63, 3.8) is 0 Å². The summed E-state index contributed by atoms with van der Waals surface area (Å²) in [6.45, 7) is 1.99. The fraction of sp³-hybridized carbons (Fsp3) is 0.200. The number of nitrogens with one attached hydrogen (secondary N) is 1. The van der Waals surface area contributed by atoms with E-state index in [1.807, 2.05) is 25.3 Å². The second-order valence-corrected chi connectivity index (χ2v) is 4.14. The highest BCUT2D eigenvalue weighted by Crippen LogP contribution is 2.25. The quantitative estimate of drug-likeness (QED) is 0.789. The number of halogens is 1. The summed E-state index contributed by atoms with van der Waals surface area (Å²) in [7, 11) is 0. The van der Waals surface area contributed by atoms with E-state index in [0.717, 1.165) is 15.6 Å². The number of hydrogen-bond donors (Lipinski definition) is 2. The van der Waals surface area contributed by atoms with Crippen molar-refractivity contribution in [2.24, 2.45) is 5.73 Å². The Kier molecular flexibility index (Phi) is 2.14. The van der Waals surface area contributed by atoms with Crippen molar-refractivity contribution >= 4 is 26.8 Å². The summed E-state index contributed by atoms with van der Waals surface area (Å²) < 4.78 is 1.08. The molecule has 0 radical (unpaired) electrons. The molecule has 0 amide bonds. The first kappa shape index (κ1) is 8.78. The lowest BCUT2D eigenvalue weighted by Gasteiger charge is -2.02. The Morgan fingerprint density at radius 3 is 2.92 bits per heavy atom. The second kappa shape index (κ2) is 3.16. The Balaban J connectivity index is 2.71. The molecule has 3 heteroatoms. The predicted molar refractivity (Wildman–Crippen MR) is 58.6 cm³/mol. The van der Waals surface area contributed by atoms with Gasteiger partial charge in [-0.2, -0.15) is 0 Å². The summed E-state index contributed by atoms with van der Waals surface area (Å²) in [5.74, 6) is 0. The molecule has 2 aromatic rings. The number of fused-ring (bicyclic) bond motifs is 1. The summed E-state index contributed by atoms with van der Waals surface area (Å²) in [5, 5.41) is 1.20. The maximum atomic E-state index is 5.84. The van der Waals surface area contributed by atoms with Crippen LogP contribution in [-0.4, -0.2) is 4.98 Å². The van der Waals surface area contributed by atoms with Gasteiger partial charge in [-0.15, -0.1) is 0 Å². The molecular weight excluding hydrogens is 228 g/mol. The maximum absolute atomic E-state index is 5.84. The van der Waals surface area contributed by atoms with Gasteiger partial charge in [-0.05, 0) is 30.7 Å². The first-order chi connectivity index (χ1) is 6.18. The Hall–Kier alpha value is -0.800. The van der Waals surface area contributed by atoms with Crippen molar-refractivity contribution in [3.05, 3.63) is 34.4 Å². The van der Waals surface area contributed by atoms with Gasteiger partial charge in [0.1, 0.15) is 0 Å². The van der Waals surface area contributed by atoms with Crippen LogP contribution in [0.25, 0.3) is 10.9 Å². The lowest BCUT2D eigenvalue weighted by atomic mass is 10.1. The largest absolute Gasteiger partial charge is 0.361 e. The van der Waals surface area contributed by atoms with E-state index < -0.39 is 0 Å². The number of rotatable bonds is 1. The van der Waals surface area contributed by atoms with Crippen molar-refractivity contribution in [3.8, 4) is 0 Å². The summed E-state index contributed by atoms with van der Waals surface area (Å²) >= 11 is 3.45. The zero-order valence-corrected chi connectivity index (χ0v) is 8.93.